The molecule has 1 N–H and O–H groups in total. The average molecular weight is 432 g/mol. The van der Waals surface area contributed by atoms with Gasteiger partial charge in [-0.05, 0) is 42.5 Å². The van der Waals surface area contributed by atoms with E-state index in [1.165, 1.54) is 21.9 Å². The molecule has 0 saturated heterocycles. The highest BCUT2D eigenvalue weighted by atomic mass is 32.1. The van der Waals surface area contributed by atoms with Crippen molar-refractivity contribution in [3.8, 4) is 5.75 Å². The summed E-state index contributed by atoms with van der Waals surface area (Å²) in [5.41, 5.74) is 1.05. The maximum atomic E-state index is 13.5. The maximum absolute atomic E-state index is 13.5. The van der Waals surface area contributed by atoms with Crippen molar-refractivity contribution in [3.05, 3.63) is 64.6 Å². The molecule has 160 valence electrons. The van der Waals surface area contributed by atoms with Gasteiger partial charge in [-0.25, -0.2) is 9.18 Å². The fourth-order valence-corrected chi connectivity index (χ4v) is 4.43. The van der Waals surface area contributed by atoms with Crippen LogP contribution in [0.25, 0.3) is 0 Å². The summed E-state index contributed by atoms with van der Waals surface area (Å²) in [7, 11) is 0. The summed E-state index contributed by atoms with van der Waals surface area (Å²) >= 11 is 1.66. The molecule has 0 spiro atoms. The molecule has 8 heteroatoms. The van der Waals surface area contributed by atoms with Crippen molar-refractivity contribution in [2.75, 3.05) is 32.8 Å². The van der Waals surface area contributed by atoms with Crippen molar-refractivity contribution in [2.24, 2.45) is 0 Å². The number of hydrogen-bond donors (Lipinski definition) is 1. The average Bonchev–Trinajstić information content (AvgIpc) is 3.21. The van der Waals surface area contributed by atoms with Gasteiger partial charge in [0.05, 0.1) is 6.04 Å². The molecule has 1 aromatic carbocycles. The summed E-state index contributed by atoms with van der Waals surface area (Å²) in [6.45, 7) is 6.96. The third-order valence-electron chi connectivity index (χ3n) is 4.91. The lowest BCUT2D eigenvalue weighted by Crippen LogP contribution is -2.49. The van der Waals surface area contributed by atoms with Gasteiger partial charge in [0.1, 0.15) is 24.7 Å². The van der Waals surface area contributed by atoms with Crippen LogP contribution >= 0.6 is 11.3 Å². The van der Waals surface area contributed by atoms with Crippen molar-refractivity contribution >= 4 is 23.3 Å². The Hall–Kier alpha value is -2.87. The summed E-state index contributed by atoms with van der Waals surface area (Å²) in [4.78, 5) is 29.8. The van der Waals surface area contributed by atoms with E-state index >= 15 is 0 Å². The van der Waals surface area contributed by atoms with E-state index in [0.29, 0.717) is 18.8 Å². The number of amides is 3. The third kappa shape index (κ3) is 5.18. The Labute approximate surface area is 179 Å². The van der Waals surface area contributed by atoms with Gasteiger partial charge in [0, 0.05) is 30.6 Å². The first-order valence-electron chi connectivity index (χ1n) is 9.91. The predicted octanol–water partition coefficient (Wildman–Crippen LogP) is 3.61. The van der Waals surface area contributed by atoms with Crippen molar-refractivity contribution in [1.82, 2.24) is 15.1 Å². The van der Waals surface area contributed by atoms with Crippen LogP contribution in [-0.2, 0) is 11.2 Å². The minimum Gasteiger partial charge on any atom is -0.491 e. The van der Waals surface area contributed by atoms with Gasteiger partial charge in [-0.15, -0.1) is 17.9 Å². The molecule has 0 aliphatic carbocycles. The highest BCUT2D eigenvalue weighted by Gasteiger charge is 2.33. The zero-order chi connectivity index (χ0) is 21.5. The molecule has 1 aliphatic heterocycles. The van der Waals surface area contributed by atoms with E-state index in [-0.39, 0.29) is 43.5 Å². The maximum Gasteiger partial charge on any atom is 0.318 e. The van der Waals surface area contributed by atoms with Gasteiger partial charge in [0.2, 0.25) is 5.91 Å². The van der Waals surface area contributed by atoms with Crippen molar-refractivity contribution in [1.29, 1.82) is 0 Å². The number of carbonyl (C=O) groups is 2. The lowest BCUT2D eigenvalue weighted by Gasteiger charge is -2.37. The number of fused-ring (bicyclic) bond motifs is 1. The van der Waals surface area contributed by atoms with Crippen molar-refractivity contribution < 1.29 is 18.7 Å². The molecule has 0 unspecified atom stereocenters. The van der Waals surface area contributed by atoms with Crippen LogP contribution in [0, 0.1) is 5.82 Å². The van der Waals surface area contributed by atoms with E-state index in [0.717, 1.165) is 12.0 Å². The number of halogens is 1. The third-order valence-corrected chi connectivity index (χ3v) is 5.91. The van der Waals surface area contributed by atoms with E-state index < -0.39 is 0 Å². The minimum atomic E-state index is -0.373. The van der Waals surface area contributed by atoms with Gasteiger partial charge in [-0.2, -0.15) is 0 Å². The molecule has 0 radical (unpaired) electrons. The van der Waals surface area contributed by atoms with Crippen LogP contribution in [0.2, 0.25) is 0 Å². The zero-order valence-corrected chi connectivity index (χ0v) is 17.8. The molecule has 6 nitrogen and oxygen atoms in total. The zero-order valence-electron chi connectivity index (χ0n) is 17.0. The lowest BCUT2D eigenvalue weighted by molar-refractivity contribution is -0.135. The summed E-state index contributed by atoms with van der Waals surface area (Å²) in [5.74, 6) is -0.115. The monoisotopic (exact) mass is 431 g/mol. The number of hydrogen-bond acceptors (Lipinski definition) is 4. The standard InChI is InChI=1S/C22H26FN3O3S/c1-3-10-25(22(28)24-4-2)14-21(27)26-11-8-20-18(9-12-30-20)19(26)15-29-17-7-5-6-16(23)13-17/h3,5-7,9,12-13,19H,1,4,8,10-11,14-15H2,2H3,(H,24,28)/t19-/m1/s1. The minimum absolute atomic E-state index is 0.0478. The Kier molecular flexibility index (Phi) is 7.46. The fourth-order valence-electron chi connectivity index (χ4n) is 3.50. The number of urea groups is 1. The van der Waals surface area contributed by atoms with E-state index in [1.54, 1.807) is 34.4 Å². The fraction of sp³-hybridized carbons (Fsp3) is 0.364. The van der Waals surface area contributed by atoms with Gasteiger partial charge in [-0.1, -0.05) is 12.1 Å². The molecule has 0 saturated carbocycles. The number of ether oxygens (including phenoxy) is 1. The van der Waals surface area contributed by atoms with E-state index in [1.807, 2.05) is 18.4 Å². The van der Waals surface area contributed by atoms with Crippen LogP contribution in [0.3, 0.4) is 0 Å². The van der Waals surface area contributed by atoms with Crippen molar-refractivity contribution in [2.45, 2.75) is 19.4 Å². The van der Waals surface area contributed by atoms with Crippen molar-refractivity contribution in [3.63, 3.8) is 0 Å². The van der Waals surface area contributed by atoms with Crippen LogP contribution < -0.4 is 10.1 Å². The highest BCUT2D eigenvalue weighted by Crippen LogP contribution is 2.34. The number of benzene rings is 1. The molecule has 1 aromatic heterocycles. The Morgan fingerprint density at radius 1 is 1.43 bits per heavy atom. The molecule has 1 aliphatic rings. The van der Waals surface area contributed by atoms with Crippen LogP contribution in [0.5, 0.6) is 5.75 Å². The summed E-state index contributed by atoms with van der Waals surface area (Å²) in [5, 5.41) is 4.73. The van der Waals surface area contributed by atoms with Gasteiger partial charge >= 0.3 is 6.03 Å². The van der Waals surface area contributed by atoms with E-state index in [4.69, 9.17) is 4.74 Å². The molecule has 3 amide bonds. The Morgan fingerprint density at radius 3 is 3.00 bits per heavy atom. The molecule has 2 heterocycles. The first kappa shape index (κ1) is 21.8. The van der Waals surface area contributed by atoms with Gasteiger partial charge in [0.25, 0.3) is 0 Å². The van der Waals surface area contributed by atoms with Crippen LogP contribution in [0.1, 0.15) is 23.4 Å². The summed E-state index contributed by atoms with van der Waals surface area (Å²) in [6, 6.07) is 7.37. The number of nitrogens with one attached hydrogen (secondary N) is 1. The topological polar surface area (TPSA) is 61.9 Å². The Balaban J connectivity index is 1.76. The predicted molar refractivity (Wildman–Crippen MR) is 115 cm³/mol. The van der Waals surface area contributed by atoms with E-state index in [9.17, 15) is 14.0 Å². The number of thiophene rings is 1. The van der Waals surface area contributed by atoms with E-state index in [2.05, 4.69) is 11.9 Å². The molecule has 1 atom stereocenters. The molecular weight excluding hydrogens is 405 g/mol. The second-order valence-electron chi connectivity index (χ2n) is 6.93. The van der Waals surface area contributed by atoms with Gasteiger partial charge in [0.15, 0.2) is 0 Å². The quantitative estimate of drug-likeness (QED) is 0.650. The molecule has 0 bridgehead atoms. The van der Waals surface area contributed by atoms with Gasteiger partial charge < -0.3 is 19.9 Å². The Bertz CT molecular complexity index is 901. The Morgan fingerprint density at radius 2 is 2.27 bits per heavy atom. The number of nitrogens with zero attached hydrogens (tertiary/aromatic N) is 2. The second kappa shape index (κ2) is 10.2. The first-order valence-corrected chi connectivity index (χ1v) is 10.8. The largest absolute Gasteiger partial charge is 0.491 e. The molecule has 3 rings (SSSR count). The number of rotatable bonds is 8. The molecule has 30 heavy (non-hydrogen) atoms. The summed E-state index contributed by atoms with van der Waals surface area (Å²) < 4.78 is 19.3. The molecule has 0 fully saturated rings. The highest BCUT2D eigenvalue weighted by molar-refractivity contribution is 7.10. The summed E-state index contributed by atoms with van der Waals surface area (Å²) in [6.07, 6.45) is 2.36. The number of carbonyl (C=O) groups excluding carboxylic acids is 2. The van der Waals surface area contributed by atoms with Crippen LogP contribution in [-0.4, -0.2) is 54.5 Å². The van der Waals surface area contributed by atoms with Crippen LogP contribution in [0.15, 0.2) is 48.4 Å². The second-order valence-corrected chi connectivity index (χ2v) is 7.93. The van der Waals surface area contributed by atoms with Crippen LogP contribution in [0.4, 0.5) is 9.18 Å². The smallest absolute Gasteiger partial charge is 0.318 e. The molecule has 2 aromatic rings. The SMILES string of the molecule is C=CCN(CC(=O)N1CCc2sccc2[C@H]1COc1cccc(F)c1)C(=O)NCC. The normalized spacial score (nSPS) is 15.3. The molecular formula is C22H26FN3O3S. The lowest BCUT2D eigenvalue weighted by atomic mass is 10.0. The first-order chi connectivity index (χ1) is 14.5. The van der Waals surface area contributed by atoms with Gasteiger partial charge in [-0.3, -0.25) is 4.79 Å².